The van der Waals surface area contributed by atoms with Crippen LogP contribution in [0.2, 0.25) is 0 Å². The van der Waals surface area contributed by atoms with Crippen LogP contribution in [-0.2, 0) is 14.3 Å². The summed E-state index contributed by atoms with van der Waals surface area (Å²) < 4.78 is 4.81. The number of carboxylic acid groups (broad SMARTS) is 1. The minimum atomic E-state index is -1.26. The summed E-state index contributed by atoms with van der Waals surface area (Å²) in [5.41, 5.74) is -0.691. The highest BCUT2D eigenvalue weighted by atomic mass is 16.6. The molecule has 0 aromatic heterocycles. The van der Waals surface area contributed by atoms with Crippen molar-refractivity contribution in [2.45, 2.75) is 39.7 Å². The smallest absolute Gasteiger partial charge is 0.345 e. The number of carbonyl (C=O) groups excluding carboxylic acids is 1. The zero-order valence-corrected chi connectivity index (χ0v) is 9.32. The van der Waals surface area contributed by atoms with E-state index in [1.165, 1.54) is 0 Å². The number of rotatable bonds is 6. The quantitative estimate of drug-likeness (QED) is 0.644. The zero-order chi connectivity index (χ0) is 12.1. The molecule has 1 unspecified atom stereocenters. The molecule has 0 aliphatic carbocycles. The Bertz CT molecular complexity index is 234. The normalized spacial score (nSPS) is 13.3. The number of esters is 1. The van der Waals surface area contributed by atoms with Crippen molar-refractivity contribution >= 4 is 11.9 Å². The van der Waals surface area contributed by atoms with Crippen molar-refractivity contribution in [3.8, 4) is 0 Å². The minimum Gasteiger partial charge on any atom is -0.479 e. The molecule has 0 fully saturated rings. The lowest BCUT2D eigenvalue weighted by atomic mass is 9.90. The summed E-state index contributed by atoms with van der Waals surface area (Å²) in [5.74, 6) is -1.78. The molecule has 0 aromatic carbocycles. The van der Waals surface area contributed by atoms with Crippen molar-refractivity contribution in [3.05, 3.63) is 0 Å². The number of aliphatic hydroxyl groups excluding tert-OH is 1. The molecule has 0 bridgehead atoms. The average molecular weight is 218 g/mol. The van der Waals surface area contributed by atoms with Crippen LogP contribution in [0.1, 0.15) is 33.6 Å². The number of hydrogen-bond acceptors (Lipinski definition) is 4. The van der Waals surface area contributed by atoms with E-state index in [-0.39, 0.29) is 13.0 Å². The molecule has 0 spiro atoms. The SMILES string of the molecule is CCC(C)(C)C(=O)OC(CCO)C(=O)O. The van der Waals surface area contributed by atoms with Crippen LogP contribution in [0.5, 0.6) is 0 Å². The first-order valence-electron chi connectivity index (χ1n) is 4.90. The van der Waals surface area contributed by atoms with E-state index in [1.807, 2.05) is 6.92 Å². The molecule has 5 nitrogen and oxygen atoms in total. The first-order valence-corrected chi connectivity index (χ1v) is 4.90. The second kappa shape index (κ2) is 5.70. The highest BCUT2D eigenvalue weighted by molar-refractivity contribution is 5.80. The standard InChI is InChI=1S/C10H18O5/c1-4-10(2,3)9(14)15-7(5-6-11)8(12)13/h7,11H,4-6H2,1-3H3,(H,12,13). The molecule has 5 heteroatoms. The topological polar surface area (TPSA) is 83.8 Å². The Morgan fingerprint density at radius 2 is 1.93 bits per heavy atom. The van der Waals surface area contributed by atoms with E-state index in [9.17, 15) is 9.59 Å². The maximum Gasteiger partial charge on any atom is 0.345 e. The summed E-state index contributed by atoms with van der Waals surface area (Å²) in [7, 11) is 0. The van der Waals surface area contributed by atoms with Crippen LogP contribution in [0.4, 0.5) is 0 Å². The third-order valence-electron chi connectivity index (χ3n) is 2.35. The van der Waals surface area contributed by atoms with Crippen LogP contribution < -0.4 is 0 Å². The molecule has 0 aliphatic heterocycles. The van der Waals surface area contributed by atoms with E-state index in [4.69, 9.17) is 14.9 Å². The summed E-state index contributed by atoms with van der Waals surface area (Å²) >= 11 is 0. The fraction of sp³-hybridized carbons (Fsp3) is 0.800. The molecule has 0 aliphatic rings. The molecule has 0 heterocycles. The van der Waals surface area contributed by atoms with Crippen molar-refractivity contribution in [3.63, 3.8) is 0 Å². The molecule has 0 saturated carbocycles. The number of hydrogen-bond donors (Lipinski definition) is 2. The van der Waals surface area contributed by atoms with Crippen LogP contribution in [0.15, 0.2) is 0 Å². The molecule has 1 atom stereocenters. The van der Waals surface area contributed by atoms with Gasteiger partial charge in [-0.3, -0.25) is 4.79 Å². The van der Waals surface area contributed by atoms with Gasteiger partial charge in [0, 0.05) is 13.0 Å². The molecule has 88 valence electrons. The van der Waals surface area contributed by atoms with Crippen molar-refractivity contribution in [1.82, 2.24) is 0 Å². The molecule has 0 rings (SSSR count). The number of carboxylic acids is 1. The summed E-state index contributed by atoms with van der Waals surface area (Å²) in [6.07, 6.45) is -0.772. The van der Waals surface area contributed by atoms with Crippen LogP contribution in [0.3, 0.4) is 0 Å². The maximum absolute atomic E-state index is 11.5. The Labute approximate surface area is 89.0 Å². The summed E-state index contributed by atoms with van der Waals surface area (Å²) in [4.78, 5) is 22.2. The Morgan fingerprint density at radius 3 is 2.27 bits per heavy atom. The Balaban J connectivity index is 4.41. The second-order valence-electron chi connectivity index (χ2n) is 3.98. The van der Waals surface area contributed by atoms with Crippen molar-refractivity contribution < 1.29 is 24.5 Å². The minimum absolute atomic E-state index is 0.0825. The highest BCUT2D eigenvalue weighted by Crippen LogP contribution is 2.22. The number of aliphatic carboxylic acids is 1. The summed E-state index contributed by atoms with van der Waals surface area (Å²) in [6, 6.07) is 0. The van der Waals surface area contributed by atoms with Crippen LogP contribution in [-0.4, -0.2) is 34.9 Å². The lowest BCUT2D eigenvalue weighted by Crippen LogP contribution is -2.34. The monoisotopic (exact) mass is 218 g/mol. The van der Waals surface area contributed by atoms with Crippen LogP contribution in [0.25, 0.3) is 0 Å². The number of aliphatic hydroxyl groups is 1. The van der Waals surface area contributed by atoms with E-state index in [1.54, 1.807) is 13.8 Å². The first-order chi connectivity index (χ1) is 6.85. The Hall–Kier alpha value is -1.10. The molecule has 0 aromatic rings. The van der Waals surface area contributed by atoms with Gasteiger partial charge in [-0.05, 0) is 20.3 Å². The van der Waals surface area contributed by atoms with Gasteiger partial charge in [-0.1, -0.05) is 6.92 Å². The van der Waals surface area contributed by atoms with Gasteiger partial charge in [0.1, 0.15) is 0 Å². The molecule has 0 amide bonds. The van der Waals surface area contributed by atoms with Gasteiger partial charge in [-0.15, -0.1) is 0 Å². The van der Waals surface area contributed by atoms with Gasteiger partial charge in [0.25, 0.3) is 0 Å². The summed E-state index contributed by atoms with van der Waals surface area (Å²) in [6.45, 7) is 4.88. The second-order valence-corrected chi connectivity index (χ2v) is 3.98. The highest BCUT2D eigenvalue weighted by Gasteiger charge is 2.31. The molecular formula is C10H18O5. The Morgan fingerprint density at radius 1 is 1.40 bits per heavy atom. The van der Waals surface area contributed by atoms with E-state index in [2.05, 4.69) is 0 Å². The van der Waals surface area contributed by atoms with Gasteiger partial charge in [-0.25, -0.2) is 4.79 Å². The van der Waals surface area contributed by atoms with E-state index in [0.29, 0.717) is 6.42 Å². The fourth-order valence-corrected chi connectivity index (χ4v) is 0.783. The lowest BCUT2D eigenvalue weighted by Gasteiger charge is -2.23. The van der Waals surface area contributed by atoms with Crippen molar-refractivity contribution in [1.29, 1.82) is 0 Å². The third kappa shape index (κ3) is 4.29. The number of carbonyl (C=O) groups is 2. The third-order valence-corrected chi connectivity index (χ3v) is 2.35. The first kappa shape index (κ1) is 13.9. The number of ether oxygens (including phenoxy) is 1. The van der Waals surface area contributed by atoms with Crippen molar-refractivity contribution in [2.75, 3.05) is 6.61 Å². The molecular weight excluding hydrogens is 200 g/mol. The summed E-state index contributed by atoms with van der Waals surface area (Å²) in [5, 5.41) is 17.3. The van der Waals surface area contributed by atoms with Crippen molar-refractivity contribution in [2.24, 2.45) is 5.41 Å². The average Bonchev–Trinajstić information content (AvgIpc) is 2.16. The lowest BCUT2D eigenvalue weighted by molar-refractivity contribution is -0.171. The van der Waals surface area contributed by atoms with Crippen LogP contribution in [0, 0.1) is 5.41 Å². The fourth-order valence-electron chi connectivity index (χ4n) is 0.783. The van der Waals surface area contributed by atoms with E-state index in [0.717, 1.165) is 0 Å². The molecule has 2 N–H and O–H groups in total. The predicted molar refractivity (Wildman–Crippen MR) is 53.3 cm³/mol. The molecule has 0 saturated heterocycles. The van der Waals surface area contributed by atoms with E-state index >= 15 is 0 Å². The largest absolute Gasteiger partial charge is 0.479 e. The Kier molecular flexibility index (Phi) is 5.28. The zero-order valence-electron chi connectivity index (χ0n) is 9.32. The van der Waals surface area contributed by atoms with Gasteiger partial charge in [0.15, 0.2) is 0 Å². The predicted octanol–water partition coefficient (Wildman–Crippen LogP) is 0.801. The van der Waals surface area contributed by atoms with Gasteiger partial charge in [0.2, 0.25) is 6.10 Å². The van der Waals surface area contributed by atoms with Crippen LogP contribution >= 0.6 is 0 Å². The molecule has 15 heavy (non-hydrogen) atoms. The molecule has 0 radical (unpaired) electrons. The van der Waals surface area contributed by atoms with Gasteiger partial charge >= 0.3 is 11.9 Å². The van der Waals surface area contributed by atoms with Gasteiger partial charge in [0.05, 0.1) is 5.41 Å². The van der Waals surface area contributed by atoms with Gasteiger partial charge < -0.3 is 14.9 Å². The van der Waals surface area contributed by atoms with Gasteiger partial charge in [-0.2, -0.15) is 0 Å². The van der Waals surface area contributed by atoms with E-state index < -0.39 is 23.5 Å². The maximum atomic E-state index is 11.5.